The molecule has 4 nitrogen and oxygen atoms in total. The van der Waals surface area contributed by atoms with Crippen LogP contribution in [0.5, 0.6) is 0 Å². The van der Waals surface area contributed by atoms with Crippen molar-refractivity contribution >= 4 is 17.3 Å². The summed E-state index contributed by atoms with van der Waals surface area (Å²) in [6.45, 7) is 6.37. The van der Waals surface area contributed by atoms with Crippen LogP contribution in [0.25, 0.3) is 0 Å². The van der Waals surface area contributed by atoms with Gasteiger partial charge in [-0.15, -0.1) is 0 Å². The zero-order valence-electron chi connectivity index (χ0n) is 13.8. The molecule has 2 aromatic rings. The molecule has 0 unspecified atom stereocenters. The topological polar surface area (TPSA) is 36.4 Å². The summed E-state index contributed by atoms with van der Waals surface area (Å²) in [7, 11) is 0. The van der Waals surface area contributed by atoms with E-state index in [-0.39, 0.29) is 5.91 Å². The normalized spacial score (nSPS) is 13.6. The maximum Gasteiger partial charge on any atom is 0.272 e. The molecule has 1 aromatic carbocycles. The lowest BCUT2D eigenvalue weighted by molar-refractivity contribution is 0.0767. The number of hydrogen-bond acceptors (Lipinski definition) is 3. The predicted octanol–water partition coefficient (Wildman–Crippen LogP) is 3.65. The summed E-state index contributed by atoms with van der Waals surface area (Å²) in [5.74, 6) is 0.000550. The van der Waals surface area contributed by atoms with E-state index in [1.54, 1.807) is 4.90 Å². The number of rotatable bonds is 4. The number of carbonyl (C=O) groups is 1. The smallest absolute Gasteiger partial charge is 0.272 e. The van der Waals surface area contributed by atoms with E-state index < -0.39 is 0 Å². The SMILES string of the molecule is CCN(CC)C(=O)c1ccc(N2CCCc3ccccc32)cn1. The van der Waals surface area contributed by atoms with E-state index in [4.69, 9.17) is 0 Å². The summed E-state index contributed by atoms with van der Waals surface area (Å²) in [5.41, 5.74) is 4.20. The van der Waals surface area contributed by atoms with Gasteiger partial charge in [-0.3, -0.25) is 4.79 Å². The minimum absolute atomic E-state index is 0.000550. The third kappa shape index (κ3) is 3.07. The Labute approximate surface area is 137 Å². The molecule has 0 spiro atoms. The molecule has 23 heavy (non-hydrogen) atoms. The number of carbonyl (C=O) groups excluding carboxylic acids is 1. The molecular weight excluding hydrogens is 286 g/mol. The summed E-state index contributed by atoms with van der Waals surface area (Å²) in [6.07, 6.45) is 4.08. The Morgan fingerprint density at radius 2 is 1.96 bits per heavy atom. The number of amides is 1. The lowest BCUT2D eigenvalue weighted by atomic mass is 10.0. The van der Waals surface area contributed by atoms with Crippen LogP contribution in [0.2, 0.25) is 0 Å². The lowest BCUT2D eigenvalue weighted by Crippen LogP contribution is -2.31. The van der Waals surface area contributed by atoms with E-state index in [0.29, 0.717) is 18.8 Å². The summed E-state index contributed by atoms with van der Waals surface area (Å²) >= 11 is 0. The summed E-state index contributed by atoms with van der Waals surface area (Å²) < 4.78 is 0. The number of nitrogens with zero attached hydrogens (tertiary/aromatic N) is 3. The number of pyridine rings is 1. The van der Waals surface area contributed by atoms with Crippen LogP contribution in [-0.4, -0.2) is 35.4 Å². The Morgan fingerprint density at radius 3 is 2.65 bits per heavy atom. The Kier molecular flexibility index (Phi) is 4.60. The molecule has 0 atom stereocenters. The van der Waals surface area contributed by atoms with Gasteiger partial charge >= 0.3 is 0 Å². The van der Waals surface area contributed by atoms with Gasteiger partial charge in [0.2, 0.25) is 0 Å². The average molecular weight is 309 g/mol. The number of hydrogen-bond donors (Lipinski definition) is 0. The van der Waals surface area contributed by atoms with Gasteiger partial charge in [0.15, 0.2) is 0 Å². The van der Waals surface area contributed by atoms with Gasteiger partial charge in [0.25, 0.3) is 5.91 Å². The molecule has 0 radical (unpaired) electrons. The molecule has 1 aliphatic heterocycles. The Bertz CT molecular complexity index is 677. The van der Waals surface area contributed by atoms with Crippen molar-refractivity contribution in [3.8, 4) is 0 Å². The van der Waals surface area contributed by atoms with Crippen molar-refractivity contribution in [3.63, 3.8) is 0 Å². The number of anilines is 2. The number of fused-ring (bicyclic) bond motifs is 1. The van der Waals surface area contributed by atoms with Crippen molar-refractivity contribution in [1.82, 2.24) is 9.88 Å². The minimum Gasteiger partial charge on any atom is -0.340 e. The third-order valence-corrected chi connectivity index (χ3v) is 4.44. The first-order chi connectivity index (χ1) is 11.2. The number of para-hydroxylation sites is 1. The molecule has 1 aliphatic rings. The van der Waals surface area contributed by atoms with Crippen LogP contribution in [0, 0.1) is 0 Å². The van der Waals surface area contributed by atoms with Gasteiger partial charge in [-0.1, -0.05) is 18.2 Å². The highest BCUT2D eigenvalue weighted by Crippen LogP contribution is 2.32. The van der Waals surface area contributed by atoms with Gasteiger partial charge in [0.1, 0.15) is 5.69 Å². The maximum absolute atomic E-state index is 12.3. The molecule has 0 saturated carbocycles. The summed E-state index contributed by atoms with van der Waals surface area (Å²) in [5, 5.41) is 0. The highest BCUT2D eigenvalue weighted by Gasteiger charge is 2.19. The fourth-order valence-corrected chi connectivity index (χ4v) is 3.15. The molecule has 3 rings (SSSR count). The van der Waals surface area contributed by atoms with Crippen molar-refractivity contribution in [1.29, 1.82) is 0 Å². The van der Waals surface area contributed by atoms with Crippen LogP contribution >= 0.6 is 0 Å². The van der Waals surface area contributed by atoms with Gasteiger partial charge in [0.05, 0.1) is 11.9 Å². The van der Waals surface area contributed by atoms with Crippen LogP contribution in [0.3, 0.4) is 0 Å². The standard InChI is InChI=1S/C19H23N3O/c1-3-21(4-2)19(23)17-12-11-16(14-20-17)22-13-7-9-15-8-5-6-10-18(15)22/h5-6,8,10-12,14H,3-4,7,9,13H2,1-2H3. The summed E-state index contributed by atoms with van der Waals surface area (Å²) in [6, 6.07) is 12.4. The molecule has 0 bridgehead atoms. The zero-order valence-corrected chi connectivity index (χ0v) is 13.8. The first kappa shape index (κ1) is 15.5. The second-order valence-electron chi connectivity index (χ2n) is 5.76. The number of benzene rings is 1. The molecular formula is C19H23N3O. The van der Waals surface area contributed by atoms with E-state index in [9.17, 15) is 4.79 Å². The van der Waals surface area contributed by atoms with Crippen molar-refractivity contribution in [2.24, 2.45) is 0 Å². The van der Waals surface area contributed by atoms with Crippen molar-refractivity contribution in [2.75, 3.05) is 24.5 Å². The molecule has 0 aliphatic carbocycles. The Hall–Kier alpha value is -2.36. The minimum atomic E-state index is 0.000550. The highest BCUT2D eigenvalue weighted by atomic mass is 16.2. The zero-order chi connectivity index (χ0) is 16.2. The van der Waals surface area contributed by atoms with Crippen LogP contribution in [-0.2, 0) is 6.42 Å². The fourth-order valence-electron chi connectivity index (χ4n) is 3.15. The van der Waals surface area contributed by atoms with Crippen molar-refractivity contribution in [3.05, 3.63) is 53.9 Å². The van der Waals surface area contributed by atoms with Crippen LogP contribution in [0.15, 0.2) is 42.6 Å². The van der Waals surface area contributed by atoms with E-state index >= 15 is 0 Å². The average Bonchev–Trinajstić information content (AvgIpc) is 2.62. The molecule has 120 valence electrons. The monoisotopic (exact) mass is 309 g/mol. The molecule has 4 heteroatoms. The van der Waals surface area contributed by atoms with Crippen molar-refractivity contribution < 1.29 is 4.79 Å². The predicted molar refractivity (Wildman–Crippen MR) is 93.3 cm³/mol. The van der Waals surface area contributed by atoms with Gasteiger partial charge in [-0.2, -0.15) is 0 Å². The van der Waals surface area contributed by atoms with E-state index in [0.717, 1.165) is 25.1 Å². The molecule has 0 fully saturated rings. The second kappa shape index (κ2) is 6.82. The van der Waals surface area contributed by atoms with Crippen LogP contribution < -0.4 is 4.90 Å². The first-order valence-corrected chi connectivity index (χ1v) is 8.35. The summed E-state index contributed by atoms with van der Waals surface area (Å²) in [4.78, 5) is 20.8. The first-order valence-electron chi connectivity index (χ1n) is 8.35. The Balaban J connectivity index is 1.85. The Morgan fingerprint density at radius 1 is 1.17 bits per heavy atom. The second-order valence-corrected chi connectivity index (χ2v) is 5.76. The van der Waals surface area contributed by atoms with E-state index in [2.05, 4.69) is 34.1 Å². The molecule has 1 aromatic heterocycles. The lowest BCUT2D eigenvalue weighted by Gasteiger charge is -2.31. The van der Waals surface area contributed by atoms with Crippen LogP contribution in [0.1, 0.15) is 36.3 Å². The maximum atomic E-state index is 12.3. The highest BCUT2D eigenvalue weighted by molar-refractivity contribution is 5.92. The quantitative estimate of drug-likeness (QED) is 0.865. The van der Waals surface area contributed by atoms with Crippen molar-refractivity contribution in [2.45, 2.75) is 26.7 Å². The number of aryl methyl sites for hydroxylation is 1. The van der Waals surface area contributed by atoms with Gasteiger partial charge in [0, 0.05) is 25.3 Å². The van der Waals surface area contributed by atoms with Gasteiger partial charge in [-0.25, -0.2) is 4.98 Å². The molecule has 0 saturated heterocycles. The molecule has 0 N–H and O–H groups in total. The van der Waals surface area contributed by atoms with Gasteiger partial charge < -0.3 is 9.80 Å². The van der Waals surface area contributed by atoms with E-state index in [1.807, 2.05) is 32.2 Å². The molecule has 1 amide bonds. The van der Waals surface area contributed by atoms with Gasteiger partial charge in [-0.05, 0) is 50.5 Å². The largest absolute Gasteiger partial charge is 0.340 e. The van der Waals surface area contributed by atoms with Crippen LogP contribution in [0.4, 0.5) is 11.4 Å². The third-order valence-electron chi connectivity index (χ3n) is 4.44. The molecule has 2 heterocycles. The fraction of sp³-hybridized carbons (Fsp3) is 0.368. The number of aromatic nitrogens is 1. The van der Waals surface area contributed by atoms with E-state index in [1.165, 1.54) is 11.3 Å².